The summed E-state index contributed by atoms with van der Waals surface area (Å²) in [6, 6.07) is 3.41. The molecule has 0 saturated heterocycles. The summed E-state index contributed by atoms with van der Waals surface area (Å²) in [7, 11) is 1.51. The predicted octanol–water partition coefficient (Wildman–Crippen LogP) is 2.93. The molecule has 0 atom stereocenters. The van der Waals surface area contributed by atoms with Crippen LogP contribution in [0.1, 0.15) is 29.1 Å². The molecule has 0 radical (unpaired) electrons. The van der Waals surface area contributed by atoms with Crippen LogP contribution < -0.4 is 15.6 Å². The summed E-state index contributed by atoms with van der Waals surface area (Å²) >= 11 is 6.05. The molecule has 1 aromatic heterocycles. The van der Waals surface area contributed by atoms with Crippen molar-refractivity contribution in [3.63, 3.8) is 0 Å². The van der Waals surface area contributed by atoms with Crippen LogP contribution in [-0.2, 0) is 11.2 Å². The van der Waals surface area contributed by atoms with Gasteiger partial charge in [-0.3, -0.25) is 9.59 Å². The van der Waals surface area contributed by atoms with Crippen molar-refractivity contribution in [3.05, 3.63) is 50.2 Å². The Balaban J connectivity index is 2.10. The number of methoxy groups -OCH3 is 1. The van der Waals surface area contributed by atoms with E-state index in [0.717, 1.165) is 5.56 Å². The van der Waals surface area contributed by atoms with Gasteiger partial charge in [0, 0.05) is 28.8 Å². The molecule has 0 aliphatic rings. The fraction of sp³-hybridized carbons (Fsp3) is 0.353. The number of H-pyrrole nitrogens is 1. The highest BCUT2D eigenvalue weighted by atomic mass is 35.5. The van der Waals surface area contributed by atoms with E-state index in [1.807, 2.05) is 6.92 Å². The molecular formula is C17H20ClN3O3. The van der Waals surface area contributed by atoms with E-state index in [-0.39, 0.29) is 17.9 Å². The number of carbonyl (C=O) groups is 1. The second kappa shape index (κ2) is 7.49. The van der Waals surface area contributed by atoms with E-state index in [9.17, 15) is 9.59 Å². The van der Waals surface area contributed by atoms with Gasteiger partial charge in [-0.15, -0.1) is 0 Å². The molecule has 1 amide bonds. The lowest BCUT2D eigenvalue weighted by molar-refractivity contribution is -0.116. The van der Waals surface area contributed by atoms with E-state index in [1.54, 1.807) is 26.0 Å². The number of hydrogen-bond donors (Lipinski definition) is 2. The molecule has 0 spiro atoms. The molecule has 0 bridgehead atoms. The Labute approximate surface area is 145 Å². The molecule has 1 aromatic carbocycles. The highest BCUT2D eigenvalue weighted by Gasteiger charge is 2.13. The second-order valence-electron chi connectivity index (χ2n) is 5.57. The quantitative estimate of drug-likeness (QED) is 0.869. The molecule has 7 heteroatoms. The number of ether oxygens (including phenoxy) is 1. The van der Waals surface area contributed by atoms with Crippen LogP contribution in [0.2, 0.25) is 5.02 Å². The molecular weight excluding hydrogens is 330 g/mol. The molecule has 2 aromatic rings. The van der Waals surface area contributed by atoms with Gasteiger partial charge in [0.2, 0.25) is 5.91 Å². The van der Waals surface area contributed by atoms with Gasteiger partial charge in [0.25, 0.3) is 5.56 Å². The molecule has 24 heavy (non-hydrogen) atoms. The Morgan fingerprint density at radius 1 is 1.33 bits per heavy atom. The number of amides is 1. The molecule has 2 N–H and O–H groups in total. The van der Waals surface area contributed by atoms with Crippen LogP contribution in [0.5, 0.6) is 5.75 Å². The number of aryl methyl sites for hydroxylation is 3. The maximum atomic E-state index is 12.2. The number of benzene rings is 1. The summed E-state index contributed by atoms with van der Waals surface area (Å²) in [4.78, 5) is 31.0. The average molecular weight is 350 g/mol. The minimum Gasteiger partial charge on any atom is -0.495 e. The van der Waals surface area contributed by atoms with Gasteiger partial charge in [0.05, 0.1) is 12.8 Å². The van der Waals surface area contributed by atoms with E-state index in [0.29, 0.717) is 40.0 Å². The fourth-order valence-electron chi connectivity index (χ4n) is 2.43. The van der Waals surface area contributed by atoms with Gasteiger partial charge in [-0.2, -0.15) is 0 Å². The largest absolute Gasteiger partial charge is 0.495 e. The Morgan fingerprint density at radius 3 is 2.67 bits per heavy atom. The SMILES string of the molecule is COc1cc(Cl)c(C)cc1NC(=O)CCc1c(C)nc(C)[nH]c1=O. The Kier molecular flexibility index (Phi) is 5.62. The lowest BCUT2D eigenvalue weighted by Gasteiger charge is -2.12. The van der Waals surface area contributed by atoms with E-state index in [4.69, 9.17) is 16.3 Å². The third-order valence-corrected chi connectivity index (χ3v) is 4.10. The standard InChI is InChI=1S/C17H20ClN3O3/c1-9-7-14(15(24-4)8-13(9)18)21-16(22)6-5-12-10(2)19-11(3)20-17(12)23/h7-8H,5-6H2,1-4H3,(H,21,22)(H,19,20,23). The first kappa shape index (κ1) is 18.0. The predicted molar refractivity (Wildman–Crippen MR) is 94.0 cm³/mol. The fourth-order valence-corrected chi connectivity index (χ4v) is 2.58. The number of carbonyl (C=O) groups excluding carboxylic acids is 1. The summed E-state index contributed by atoms with van der Waals surface area (Å²) < 4.78 is 5.23. The summed E-state index contributed by atoms with van der Waals surface area (Å²) in [6.07, 6.45) is 0.481. The van der Waals surface area contributed by atoms with Crippen molar-refractivity contribution in [1.82, 2.24) is 9.97 Å². The van der Waals surface area contributed by atoms with Crippen molar-refractivity contribution in [2.45, 2.75) is 33.6 Å². The lowest BCUT2D eigenvalue weighted by Crippen LogP contribution is -2.20. The maximum Gasteiger partial charge on any atom is 0.254 e. The zero-order chi connectivity index (χ0) is 17.9. The monoisotopic (exact) mass is 349 g/mol. The zero-order valence-corrected chi connectivity index (χ0v) is 14.9. The molecule has 1 heterocycles. The van der Waals surface area contributed by atoms with Gasteiger partial charge < -0.3 is 15.0 Å². The van der Waals surface area contributed by atoms with Crippen LogP contribution in [-0.4, -0.2) is 23.0 Å². The van der Waals surface area contributed by atoms with E-state index in [1.165, 1.54) is 7.11 Å². The van der Waals surface area contributed by atoms with Crippen LogP contribution in [0.3, 0.4) is 0 Å². The lowest BCUT2D eigenvalue weighted by atomic mass is 10.1. The average Bonchev–Trinajstić information content (AvgIpc) is 2.49. The van der Waals surface area contributed by atoms with Gasteiger partial charge >= 0.3 is 0 Å². The summed E-state index contributed by atoms with van der Waals surface area (Å²) in [5, 5.41) is 3.36. The third-order valence-electron chi connectivity index (χ3n) is 3.70. The number of aromatic amines is 1. The molecule has 0 aliphatic carbocycles. The first-order valence-electron chi connectivity index (χ1n) is 7.52. The maximum absolute atomic E-state index is 12.2. The van der Waals surface area contributed by atoms with Crippen molar-refractivity contribution >= 4 is 23.2 Å². The molecule has 0 saturated carbocycles. The van der Waals surface area contributed by atoms with Crippen molar-refractivity contribution < 1.29 is 9.53 Å². The van der Waals surface area contributed by atoms with Crippen molar-refractivity contribution in [3.8, 4) is 5.75 Å². The number of nitrogens with zero attached hydrogens (tertiary/aromatic N) is 1. The molecule has 0 aliphatic heterocycles. The number of aromatic nitrogens is 2. The zero-order valence-electron chi connectivity index (χ0n) is 14.1. The van der Waals surface area contributed by atoms with Gasteiger partial charge in [0.15, 0.2) is 0 Å². The second-order valence-corrected chi connectivity index (χ2v) is 5.97. The first-order valence-corrected chi connectivity index (χ1v) is 7.90. The Morgan fingerprint density at radius 2 is 2.04 bits per heavy atom. The van der Waals surface area contributed by atoms with Gasteiger partial charge in [0.1, 0.15) is 11.6 Å². The normalized spacial score (nSPS) is 10.5. The summed E-state index contributed by atoms with van der Waals surface area (Å²) in [6.45, 7) is 5.33. The van der Waals surface area contributed by atoms with E-state index in [2.05, 4.69) is 15.3 Å². The van der Waals surface area contributed by atoms with Crippen LogP contribution in [0.15, 0.2) is 16.9 Å². The van der Waals surface area contributed by atoms with Crippen LogP contribution in [0.4, 0.5) is 5.69 Å². The number of nitrogens with one attached hydrogen (secondary N) is 2. The number of hydrogen-bond acceptors (Lipinski definition) is 4. The van der Waals surface area contributed by atoms with Gasteiger partial charge in [-0.25, -0.2) is 4.98 Å². The first-order chi connectivity index (χ1) is 11.3. The summed E-state index contributed by atoms with van der Waals surface area (Å²) in [5.41, 5.74) is 2.35. The minimum atomic E-state index is -0.214. The van der Waals surface area contributed by atoms with Gasteiger partial charge in [-0.1, -0.05) is 11.6 Å². The van der Waals surface area contributed by atoms with E-state index >= 15 is 0 Å². The number of rotatable bonds is 5. The smallest absolute Gasteiger partial charge is 0.254 e. The molecule has 0 fully saturated rings. The van der Waals surface area contributed by atoms with E-state index < -0.39 is 0 Å². The van der Waals surface area contributed by atoms with Crippen LogP contribution >= 0.6 is 11.6 Å². The van der Waals surface area contributed by atoms with Crippen LogP contribution in [0.25, 0.3) is 0 Å². The summed E-state index contributed by atoms with van der Waals surface area (Å²) in [5.74, 6) is 0.839. The highest BCUT2D eigenvalue weighted by molar-refractivity contribution is 6.31. The minimum absolute atomic E-state index is 0.166. The third kappa shape index (κ3) is 4.14. The highest BCUT2D eigenvalue weighted by Crippen LogP contribution is 2.31. The molecule has 2 rings (SSSR count). The van der Waals surface area contributed by atoms with Crippen molar-refractivity contribution in [1.29, 1.82) is 0 Å². The number of halogens is 1. The molecule has 0 unspecified atom stereocenters. The van der Waals surface area contributed by atoms with Gasteiger partial charge in [-0.05, 0) is 38.8 Å². The number of anilines is 1. The molecule has 128 valence electrons. The van der Waals surface area contributed by atoms with Crippen LogP contribution in [0, 0.1) is 20.8 Å². The Hall–Kier alpha value is -2.34. The topological polar surface area (TPSA) is 84.1 Å². The van der Waals surface area contributed by atoms with Crippen molar-refractivity contribution in [2.24, 2.45) is 0 Å². The Bertz CT molecular complexity index is 831. The molecule has 6 nitrogen and oxygen atoms in total. The van der Waals surface area contributed by atoms with Crippen molar-refractivity contribution in [2.75, 3.05) is 12.4 Å².